The van der Waals surface area contributed by atoms with Crippen LogP contribution in [-0.2, 0) is 6.18 Å². The van der Waals surface area contributed by atoms with E-state index in [0.29, 0.717) is 5.82 Å². The molecule has 17 heavy (non-hydrogen) atoms. The van der Waals surface area contributed by atoms with Crippen molar-refractivity contribution in [3.05, 3.63) is 17.8 Å². The molecule has 0 atom stereocenters. The number of nitrogens with zero attached hydrogens (tertiary/aromatic N) is 2. The monoisotopic (exact) mass is 247 g/mol. The molecule has 3 nitrogen and oxygen atoms in total. The molecule has 0 saturated heterocycles. The minimum absolute atomic E-state index is 0.172. The molecule has 1 heterocycles. The van der Waals surface area contributed by atoms with Gasteiger partial charge in [-0.25, -0.2) is 0 Å². The number of aromatic nitrogens is 2. The average Bonchev–Trinajstić information content (AvgIpc) is 2.28. The molecule has 96 valence electrons. The average molecular weight is 247 g/mol. The van der Waals surface area contributed by atoms with Crippen molar-refractivity contribution in [2.75, 3.05) is 5.32 Å². The highest BCUT2D eigenvalue weighted by Crippen LogP contribution is 2.27. The predicted molar refractivity (Wildman–Crippen MR) is 59.6 cm³/mol. The second-order valence-corrected chi connectivity index (χ2v) is 4.19. The first-order valence-corrected chi connectivity index (χ1v) is 5.50. The molecule has 0 unspecified atom stereocenters. The van der Waals surface area contributed by atoms with E-state index in [2.05, 4.69) is 15.5 Å². The zero-order chi connectivity index (χ0) is 13.1. The Bertz CT molecular complexity index is 355. The Morgan fingerprint density at radius 1 is 1.12 bits per heavy atom. The molecule has 1 rings (SSSR count). The Balaban J connectivity index is 2.82. The molecule has 1 aromatic rings. The van der Waals surface area contributed by atoms with Gasteiger partial charge in [0.2, 0.25) is 0 Å². The van der Waals surface area contributed by atoms with Crippen LogP contribution >= 0.6 is 0 Å². The van der Waals surface area contributed by atoms with Gasteiger partial charge in [-0.15, -0.1) is 10.2 Å². The molecule has 1 N–H and O–H groups in total. The van der Waals surface area contributed by atoms with Crippen LogP contribution in [0, 0.1) is 0 Å². The highest BCUT2D eigenvalue weighted by Gasteiger charge is 2.33. The number of hydrogen-bond acceptors (Lipinski definition) is 3. The van der Waals surface area contributed by atoms with Crippen LogP contribution in [0.3, 0.4) is 0 Å². The molecule has 0 aliphatic rings. The minimum atomic E-state index is -4.44. The van der Waals surface area contributed by atoms with Crippen molar-refractivity contribution in [1.82, 2.24) is 10.2 Å². The molecule has 0 amide bonds. The van der Waals surface area contributed by atoms with Gasteiger partial charge >= 0.3 is 6.18 Å². The molecule has 1 aromatic heterocycles. The molecule has 0 fully saturated rings. The summed E-state index contributed by atoms with van der Waals surface area (Å²) in [6.45, 7) is 6.01. The summed E-state index contributed by atoms with van der Waals surface area (Å²) in [6, 6.07) is 2.24. The summed E-state index contributed by atoms with van der Waals surface area (Å²) in [6.07, 6.45) is -2.73. The van der Waals surface area contributed by atoms with Crippen molar-refractivity contribution in [3.63, 3.8) is 0 Å². The Morgan fingerprint density at radius 3 is 2.06 bits per heavy atom. The van der Waals surface area contributed by atoms with E-state index in [0.717, 1.165) is 18.9 Å². The fourth-order valence-electron chi connectivity index (χ4n) is 1.29. The highest BCUT2D eigenvalue weighted by atomic mass is 19.4. The minimum Gasteiger partial charge on any atom is -0.363 e. The lowest BCUT2D eigenvalue weighted by atomic mass is 9.96. The fraction of sp³-hybridized carbons (Fsp3) is 0.636. The van der Waals surface area contributed by atoms with Gasteiger partial charge in [-0.05, 0) is 31.9 Å². The third-order valence-electron chi connectivity index (χ3n) is 2.95. The summed E-state index contributed by atoms with van der Waals surface area (Å²) in [7, 11) is 0. The van der Waals surface area contributed by atoms with E-state index in [1.165, 1.54) is 6.07 Å². The first-order valence-electron chi connectivity index (χ1n) is 5.50. The van der Waals surface area contributed by atoms with Gasteiger partial charge in [0.15, 0.2) is 5.69 Å². The molecule has 6 heteroatoms. The van der Waals surface area contributed by atoms with Crippen LogP contribution in [0.25, 0.3) is 0 Å². The lowest BCUT2D eigenvalue weighted by molar-refractivity contribution is -0.141. The lowest BCUT2D eigenvalue weighted by Gasteiger charge is -2.28. The Hall–Kier alpha value is -1.33. The maximum atomic E-state index is 12.3. The van der Waals surface area contributed by atoms with E-state index in [1.807, 2.05) is 20.8 Å². The standard InChI is InChI=1S/C11H16F3N3/c1-4-10(3,5-2)15-9-7-6-8(16-17-9)11(12,13)14/h6-7H,4-5H2,1-3H3,(H,15,17). The van der Waals surface area contributed by atoms with Crippen molar-refractivity contribution in [1.29, 1.82) is 0 Å². The molecule has 0 spiro atoms. The van der Waals surface area contributed by atoms with E-state index in [4.69, 9.17) is 0 Å². The smallest absolute Gasteiger partial charge is 0.363 e. The van der Waals surface area contributed by atoms with E-state index in [9.17, 15) is 13.2 Å². The van der Waals surface area contributed by atoms with Crippen LogP contribution in [0.5, 0.6) is 0 Å². The van der Waals surface area contributed by atoms with Crippen molar-refractivity contribution in [3.8, 4) is 0 Å². The molecule has 0 aliphatic carbocycles. The summed E-state index contributed by atoms with van der Waals surface area (Å²) in [4.78, 5) is 0. The summed E-state index contributed by atoms with van der Waals surface area (Å²) in [5.41, 5.74) is -1.15. The second kappa shape index (κ2) is 4.89. The van der Waals surface area contributed by atoms with Crippen molar-refractivity contribution in [2.24, 2.45) is 0 Å². The summed E-state index contributed by atoms with van der Waals surface area (Å²) < 4.78 is 36.8. The number of rotatable bonds is 4. The van der Waals surface area contributed by atoms with Crippen LogP contribution in [0.15, 0.2) is 12.1 Å². The zero-order valence-corrected chi connectivity index (χ0v) is 10.1. The predicted octanol–water partition coefficient (Wildman–Crippen LogP) is 3.49. The molecule has 0 saturated carbocycles. The van der Waals surface area contributed by atoms with Gasteiger partial charge in [0.1, 0.15) is 5.82 Å². The van der Waals surface area contributed by atoms with Gasteiger partial charge in [-0.2, -0.15) is 13.2 Å². The molecule has 0 bridgehead atoms. The maximum absolute atomic E-state index is 12.3. The third kappa shape index (κ3) is 3.57. The number of anilines is 1. The van der Waals surface area contributed by atoms with Crippen LogP contribution in [0.2, 0.25) is 0 Å². The van der Waals surface area contributed by atoms with E-state index >= 15 is 0 Å². The highest BCUT2D eigenvalue weighted by molar-refractivity contribution is 5.36. The van der Waals surface area contributed by atoms with Gasteiger partial charge in [0.25, 0.3) is 0 Å². The van der Waals surface area contributed by atoms with Gasteiger partial charge < -0.3 is 5.32 Å². The maximum Gasteiger partial charge on any atom is 0.435 e. The number of halogens is 3. The topological polar surface area (TPSA) is 37.8 Å². The molecule has 0 aliphatic heterocycles. The van der Waals surface area contributed by atoms with E-state index < -0.39 is 11.9 Å². The number of hydrogen-bond donors (Lipinski definition) is 1. The zero-order valence-electron chi connectivity index (χ0n) is 10.1. The first kappa shape index (κ1) is 13.7. The van der Waals surface area contributed by atoms with E-state index in [-0.39, 0.29) is 5.54 Å². The second-order valence-electron chi connectivity index (χ2n) is 4.19. The fourth-order valence-corrected chi connectivity index (χ4v) is 1.29. The molecular formula is C11H16F3N3. The van der Waals surface area contributed by atoms with Crippen LogP contribution < -0.4 is 5.32 Å². The molecule has 0 radical (unpaired) electrons. The Labute approximate surface area is 98.4 Å². The van der Waals surface area contributed by atoms with Crippen molar-refractivity contribution >= 4 is 5.82 Å². The van der Waals surface area contributed by atoms with Gasteiger partial charge in [-0.3, -0.25) is 0 Å². The van der Waals surface area contributed by atoms with E-state index in [1.54, 1.807) is 0 Å². The van der Waals surface area contributed by atoms with Gasteiger partial charge in [0.05, 0.1) is 0 Å². The van der Waals surface area contributed by atoms with Crippen molar-refractivity contribution in [2.45, 2.75) is 45.3 Å². The first-order chi connectivity index (χ1) is 7.80. The Morgan fingerprint density at radius 2 is 1.71 bits per heavy atom. The quantitative estimate of drug-likeness (QED) is 0.885. The number of nitrogens with one attached hydrogen (secondary N) is 1. The van der Waals surface area contributed by atoms with Crippen LogP contribution in [0.1, 0.15) is 39.3 Å². The van der Waals surface area contributed by atoms with Crippen molar-refractivity contribution < 1.29 is 13.2 Å². The Kier molecular flexibility index (Phi) is 3.95. The van der Waals surface area contributed by atoms with Crippen LogP contribution in [0.4, 0.5) is 19.0 Å². The summed E-state index contributed by atoms with van der Waals surface area (Å²) in [5.74, 6) is 0.365. The summed E-state index contributed by atoms with van der Waals surface area (Å²) in [5, 5.41) is 9.80. The third-order valence-corrected chi connectivity index (χ3v) is 2.95. The molecule has 0 aromatic carbocycles. The van der Waals surface area contributed by atoms with Gasteiger partial charge in [-0.1, -0.05) is 13.8 Å². The van der Waals surface area contributed by atoms with Crippen LogP contribution in [-0.4, -0.2) is 15.7 Å². The summed E-state index contributed by atoms with van der Waals surface area (Å²) >= 11 is 0. The number of alkyl halides is 3. The molecular weight excluding hydrogens is 231 g/mol. The lowest BCUT2D eigenvalue weighted by Crippen LogP contribution is -2.33. The SMILES string of the molecule is CCC(C)(CC)Nc1ccc(C(F)(F)F)nn1. The largest absolute Gasteiger partial charge is 0.435 e. The van der Waals surface area contributed by atoms with Gasteiger partial charge in [0, 0.05) is 5.54 Å². The normalized spacial score (nSPS) is 12.6.